The van der Waals surface area contributed by atoms with Crippen molar-refractivity contribution in [3.63, 3.8) is 0 Å². The van der Waals surface area contributed by atoms with Gasteiger partial charge in [-0.05, 0) is 16.7 Å². The number of rotatable bonds is 2. The molecule has 0 spiro atoms. The number of benzene rings is 1. The first-order valence-electron chi connectivity index (χ1n) is 4.91. The zero-order valence-corrected chi connectivity index (χ0v) is 10.0. The molecule has 0 amide bonds. The minimum absolute atomic E-state index is 0. The maximum atomic E-state index is 8.49. The molecule has 0 aliphatic rings. The molecule has 0 saturated heterocycles. The molecule has 5 heteroatoms. The number of hydrogen-bond donors (Lipinski definition) is 0. The van der Waals surface area contributed by atoms with Gasteiger partial charge < -0.3 is 12.4 Å². The van der Waals surface area contributed by atoms with E-state index in [4.69, 9.17) is 5.53 Å². The van der Waals surface area contributed by atoms with Gasteiger partial charge in [-0.25, -0.2) is 4.57 Å². The standard InChI is InChI=1S/C12H11N4.ClH/c1-16-8-6-10(7-9-16)11-4-2-3-5-12(11)14-15-13;/h2-9H,1H3;1H/q+1;/p-1. The molecular weight excluding hydrogens is 236 g/mol. The summed E-state index contributed by atoms with van der Waals surface area (Å²) in [4.78, 5) is 2.83. The minimum atomic E-state index is 0. The average molecular weight is 247 g/mol. The van der Waals surface area contributed by atoms with E-state index in [-0.39, 0.29) is 12.4 Å². The third kappa shape index (κ3) is 2.97. The number of aryl methyl sites for hydroxylation is 1. The van der Waals surface area contributed by atoms with Gasteiger partial charge in [0.2, 0.25) is 0 Å². The van der Waals surface area contributed by atoms with Crippen molar-refractivity contribution < 1.29 is 17.0 Å². The van der Waals surface area contributed by atoms with Crippen molar-refractivity contribution in [2.24, 2.45) is 12.2 Å². The summed E-state index contributed by atoms with van der Waals surface area (Å²) in [5, 5.41) is 3.68. The lowest BCUT2D eigenvalue weighted by Gasteiger charge is -2.03. The fourth-order valence-corrected chi connectivity index (χ4v) is 1.53. The maximum absolute atomic E-state index is 8.49. The molecule has 4 nitrogen and oxygen atoms in total. The number of halogens is 1. The van der Waals surface area contributed by atoms with Gasteiger partial charge in [0, 0.05) is 22.7 Å². The van der Waals surface area contributed by atoms with Gasteiger partial charge in [-0.1, -0.05) is 29.4 Å². The monoisotopic (exact) mass is 246 g/mol. The van der Waals surface area contributed by atoms with Gasteiger partial charge in [0.15, 0.2) is 12.4 Å². The second-order valence-electron chi connectivity index (χ2n) is 3.46. The number of nitrogens with zero attached hydrogens (tertiary/aromatic N) is 4. The fraction of sp³-hybridized carbons (Fsp3) is 0.0833. The molecule has 17 heavy (non-hydrogen) atoms. The van der Waals surface area contributed by atoms with E-state index in [2.05, 4.69) is 10.0 Å². The van der Waals surface area contributed by atoms with E-state index in [1.807, 2.05) is 60.4 Å². The minimum Gasteiger partial charge on any atom is -1.00 e. The smallest absolute Gasteiger partial charge is 0.169 e. The van der Waals surface area contributed by atoms with Gasteiger partial charge in [0.25, 0.3) is 0 Å². The summed E-state index contributed by atoms with van der Waals surface area (Å²) >= 11 is 0. The largest absolute Gasteiger partial charge is 1.00 e. The lowest BCUT2D eigenvalue weighted by Crippen LogP contribution is -3.00. The Morgan fingerprint density at radius 3 is 2.41 bits per heavy atom. The molecule has 1 heterocycles. The Bertz CT molecular complexity index is 545. The van der Waals surface area contributed by atoms with E-state index < -0.39 is 0 Å². The summed E-state index contributed by atoms with van der Waals surface area (Å²) in [6.07, 6.45) is 3.92. The van der Waals surface area contributed by atoms with Crippen LogP contribution in [0.3, 0.4) is 0 Å². The summed E-state index contributed by atoms with van der Waals surface area (Å²) in [7, 11) is 1.96. The summed E-state index contributed by atoms with van der Waals surface area (Å²) in [6.45, 7) is 0. The molecule has 0 radical (unpaired) electrons. The van der Waals surface area contributed by atoms with Crippen LogP contribution in [0, 0.1) is 0 Å². The summed E-state index contributed by atoms with van der Waals surface area (Å²) < 4.78 is 1.96. The van der Waals surface area contributed by atoms with Crippen LogP contribution in [0.15, 0.2) is 53.9 Å². The van der Waals surface area contributed by atoms with Gasteiger partial charge >= 0.3 is 0 Å². The highest BCUT2D eigenvalue weighted by Gasteiger charge is 2.03. The Kier molecular flexibility index (Phi) is 4.52. The number of aromatic nitrogens is 1. The number of pyridine rings is 1. The first-order valence-corrected chi connectivity index (χ1v) is 4.91. The molecule has 0 N–H and O–H groups in total. The van der Waals surface area contributed by atoms with Crippen LogP contribution in [0.4, 0.5) is 5.69 Å². The Hall–Kier alpha value is -2.03. The van der Waals surface area contributed by atoms with E-state index in [1.54, 1.807) is 0 Å². The van der Waals surface area contributed by atoms with Crippen LogP contribution in [0.2, 0.25) is 0 Å². The summed E-state index contributed by atoms with van der Waals surface area (Å²) in [5.74, 6) is 0. The predicted molar refractivity (Wildman–Crippen MR) is 61.9 cm³/mol. The van der Waals surface area contributed by atoms with Crippen molar-refractivity contribution in [1.29, 1.82) is 0 Å². The summed E-state index contributed by atoms with van der Waals surface area (Å²) in [6, 6.07) is 11.5. The molecule has 0 unspecified atom stereocenters. The first kappa shape index (κ1) is 13.0. The molecule has 0 aliphatic heterocycles. The zero-order chi connectivity index (χ0) is 11.4. The third-order valence-electron chi connectivity index (χ3n) is 2.35. The van der Waals surface area contributed by atoms with Crippen molar-refractivity contribution in [2.45, 2.75) is 0 Å². The molecular formula is C12H11ClN4. The highest BCUT2D eigenvalue weighted by molar-refractivity contribution is 5.75. The van der Waals surface area contributed by atoms with Crippen molar-refractivity contribution >= 4 is 5.69 Å². The van der Waals surface area contributed by atoms with Crippen LogP contribution >= 0.6 is 0 Å². The molecule has 0 atom stereocenters. The van der Waals surface area contributed by atoms with Gasteiger partial charge in [-0.3, -0.25) is 0 Å². The Labute approximate surface area is 106 Å². The van der Waals surface area contributed by atoms with Crippen LogP contribution < -0.4 is 17.0 Å². The molecule has 0 aliphatic carbocycles. The first-order chi connectivity index (χ1) is 7.81. The van der Waals surface area contributed by atoms with Crippen LogP contribution in [0.5, 0.6) is 0 Å². The molecule has 2 aromatic rings. The predicted octanol–water partition coefficient (Wildman–Crippen LogP) is 0.124. The molecule has 86 valence electrons. The second-order valence-corrected chi connectivity index (χ2v) is 3.46. The average Bonchev–Trinajstić information content (AvgIpc) is 2.32. The number of azide groups is 1. The maximum Gasteiger partial charge on any atom is 0.169 e. The molecule has 0 saturated carbocycles. The fourth-order valence-electron chi connectivity index (χ4n) is 1.53. The lowest BCUT2D eigenvalue weighted by atomic mass is 10.1. The van der Waals surface area contributed by atoms with E-state index in [1.165, 1.54) is 0 Å². The molecule has 0 fully saturated rings. The van der Waals surface area contributed by atoms with E-state index >= 15 is 0 Å². The summed E-state index contributed by atoms with van der Waals surface area (Å²) in [5.41, 5.74) is 11.1. The quantitative estimate of drug-likeness (QED) is 0.313. The van der Waals surface area contributed by atoms with Gasteiger partial charge in [0.05, 0.1) is 0 Å². The van der Waals surface area contributed by atoms with Crippen LogP contribution in [0.25, 0.3) is 21.6 Å². The topological polar surface area (TPSA) is 52.6 Å². The van der Waals surface area contributed by atoms with Gasteiger partial charge in [-0.2, -0.15) is 0 Å². The van der Waals surface area contributed by atoms with Crippen molar-refractivity contribution in [2.75, 3.05) is 0 Å². The van der Waals surface area contributed by atoms with Crippen LogP contribution in [-0.4, -0.2) is 0 Å². The SMILES string of the molecule is C[n+]1ccc(-c2ccccc2N=[N+]=[N-])cc1.[Cl-]. The highest BCUT2D eigenvalue weighted by atomic mass is 35.5. The second kappa shape index (κ2) is 5.89. The van der Waals surface area contributed by atoms with Crippen molar-refractivity contribution in [3.05, 3.63) is 59.2 Å². The molecule has 1 aromatic carbocycles. The van der Waals surface area contributed by atoms with E-state index in [9.17, 15) is 0 Å². The van der Waals surface area contributed by atoms with Crippen molar-refractivity contribution in [3.8, 4) is 11.1 Å². The number of hydrogen-bond acceptors (Lipinski definition) is 1. The molecule has 2 rings (SSSR count). The Morgan fingerprint density at radius 1 is 1.12 bits per heavy atom. The van der Waals surface area contributed by atoms with Crippen LogP contribution in [0.1, 0.15) is 0 Å². The van der Waals surface area contributed by atoms with Crippen molar-refractivity contribution in [1.82, 2.24) is 0 Å². The zero-order valence-electron chi connectivity index (χ0n) is 9.29. The van der Waals surface area contributed by atoms with E-state index in [0.29, 0.717) is 5.69 Å². The van der Waals surface area contributed by atoms with E-state index in [0.717, 1.165) is 11.1 Å². The highest BCUT2D eigenvalue weighted by Crippen LogP contribution is 2.29. The molecule has 1 aromatic heterocycles. The Morgan fingerprint density at radius 2 is 1.76 bits per heavy atom. The molecule has 0 bridgehead atoms. The third-order valence-corrected chi connectivity index (χ3v) is 2.35. The van der Waals surface area contributed by atoms with Gasteiger partial charge in [0.1, 0.15) is 7.05 Å². The van der Waals surface area contributed by atoms with Crippen LogP contribution in [-0.2, 0) is 7.05 Å². The Balaban J connectivity index is 0.00000144. The lowest BCUT2D eigenvalue weighted by molar-refractivity contribution is -0.671. The normalized spacial score (nSPS) is 9.00. The van der Waals surface area contributed by atoms with Gasteiger partial charge in [-0.15, -0.1) is 0 Å².